The summed E-state index contributed by atoms with van der Waals surface area (Å²) in [4.78, 5) is 11.9. The SMILES string of the molecule is COC(=O)c1ccc(Cn2cnnc2CN(CCCCc2ccccc2)S(=O)(=O)c2cc(-c3ccccc3)ccc2OC)cc1. The van der Waals surface area contributed by atoms with Crippen molar-refractivity contribution in [2.75, 3.05) is 20.8 Å². The summed E-state index contributed by atoms with van der Waals surface area (Å²) in [5.74, 6) is 0.361. The zero-order valence-electron chi connectivity index (χ0n) is 25.4. The van der Waals surface area contributed by atoms with E-state index in [1.807, 2.05) is 71.3 Å². The van der Waals surface area contributed by atoms with Gasteiger partial charge in [0.15, 0.2) is 0 Å². The summed E-state index contributed by atoms with van der Waals surface area (Å²) < 4.78 is 42.5. The van der Waals surface area contributed by atoms with Crippen LogP contribution >= 0.6 is 0 Å². The molecule has 0 spiro atoms. The molecule has 0 bridgehead atoms. The van der Waals surface area contributed by atoms with Crippen molar-refractivity contribution in [3.63, 3.8) is 0 Å². The maximum Gasteiger partial charge on any atom is 0.337 e. The van der Waals surface area contributed by atoms with Crippen LogP contribution in [0.4, 0.5) is 0 Å². The number of rotatable bonds is 14. The lowest BCUT2D eigenvalue weighted by Gasteiger charge is -2.24. The Hall–Kier alpha value is -4.80. The number of unbranched alkanes of at least 4 members (excludes halogenated alkanes) is 1. The van der Waals surface area contributed by atoms with Gasteiger partial charge >= 0.3 is 5.97 Å². The third-order valence-corrected chi connectivity index (χ3v) is 9.46. The molecule has 1 aromatic heterocycles. The van der Waals surface area contributed by atoms with Crippen LogP contribution in [0.2, 0.25) is 0 Å². The third kappa shape index (κ3) is 7.84. The molecule has 0 atom stereocenters. The molecular weight excluding hydrogens is 588 g/mol. The summed E-state index contributed by atoms with van der Waals surface area (Å²) >= 11 is 0. The first-order valence-electron chi connectivity index (χ1n) is 14.7. The molecule has 0 radical (unpaired) electrons. The molecule has 5 rings (SSSR count). The minimum atomic E-state index is -4.03. The van der Waals surface area contributed by atoms with Crippen LogP contribution in [0, 0.1) is 0 Å². The van der Waals surface area contributed by atoms with Gasteiger partial charge in [-0.25, -0.2) is 13.2 Å². The number of benzene rings is 4. The molecule has 0 aliphatic carbocycles. The molecule has 0 unspecified atom stereocenters. The molecule has 0 amide bonds. The van der Waals surface area contributed by atoms with E-state index in [9.17, 15) is 13.2 Å². The molecule has 0 aliphatic heterocycles. The predicted octanol–water partition coefficient (Wildman–Crippen LogP) is 6.00. The summed E-state index contributed by atoms with van der Waals surface area (Å²) in [6, 6.07) is 32.1. The molecule has 5 aromatic rings. The first kappa shape index (κ1) is 31.6. The molecule has 9 nitrogen and oxygen atoms in total. The Morgan fingerprint density at radius 1 is 0.822 bits per heavy atom. The van der Waals surface area contributed by atoms with Gasteiger partial charge in [-0.1, -0.05) is 78.9 Å². The van der Waals surface area contributed by atoms with Crippen molar-refractivity contribution in [1.82, 2.24) is 19.1 Å². The van der Waals surface area contributed by atoms with Crippen molar-refractivity contribution in [3.05, 3.63) is 132 Å². The van der Waals surface area contributed by atoms with Crippen molar-refractivity contribution >= 4 is 16.0 Å². The van der Waals surface area contributed by atoms with E-state index in [-0.39, 0.29) is 23.7 Å². The van der Waals surface area contributed by atoms with Crippen LogP contribution in [0.3, 0.4) is 0 Å². The molecule has 0 saturated carbocycles. The number of hydrogen-bond acceptors (Lipinski definition) is 7. The van der Waals surface area contributed by atoms with E-state index < -0.39 is 16.0 Å². The van der Waals surface area contributed by atoms with E-state index >= 15 is 0 Å². The fourth-order valence-electron chi connectivity index (χ4n) is 5.13. The van der Waals surface area contributed by atoms with Crippen LogP contribution in [0.5, 0.6) is 5.75 Å². The fourth-order valence-corrected chi connectivity index (χ4v) is 6.74. The van der Waals surface area contributed by atoms with Crippen LogP contribution in [0.1, 0.15) is 40.2 Å². The normalized spacial score (nSPS) is 11.4. The van der Waals surface area contributed by atoms with E-state index in [4.69, 9.17) is 9.47 Å². The lowest BCUT2D eigenvalue weighted by Crippen LogP contribution is -2.33. The number of aromatic nitrogens is 3. The Balaban J connectivity index is 1.43. The highest BCUT2D eigenvalue weighted by Crippen LogP contribution is 2.32. The van der Waals surface area contributed by atoms with Crippen LogP contribution < -0.4 is 4.74 Å². The second-order valence-electron chi connectivity index (χ2n) is 10.6. The maximum atomic E-state index is 14.4. The average Bonchev–Trinajstić information content (AvgIpc) is 3.52. The number of carbonyl (C=O) groups is 1. The molecule has 0 aliphatic rings. The van der Waals surface area contributed by atoms with Crippen LogP contribution in [-0.4, -0.2) is 54.2 Å². The van der Waals surface area contributed by atoms with Gasteiger partial charge in [0.2, 0.25) is 10.0 Å². The van der Waals surface area contributed by atoms with Gasteiger partial charge in [-0.3, -0.25) is 0 Å². The lowest BCUT2D eigenvalue weighted by atomic mass is 10.1. The highest BCUT2D eigenvalue weighted by Gasteiger charge is 2.30. The van der Waals surface area contributed by atoms with Gasteiger partial charge in [-0.2, -0.15) is 4.31 Å². The standard InChI is InChI=1S/C35H36N4O5S/c1-43-32-21-20-31(29-14-7-4-8-15-29)23-33(32)45(41,42)39(22-10-9-13-27-11-5-3-6-12-27)25-34-37-36-26-38(34)24-28-16-18-30(19-17-28)35(40)44-2/h3-8,11-12,14-21,23,26H,9-10,13,22,24-25H2,1-2H3. The maximum absolute atomic E-state index is 14.4. The van der Waals surface area contributed by atoms with Crippen LogP contribution in [0.15, 0.2) is 114 Å². The first-order chi connectivity index (χ1) is 21.9. The Kier molecular flexibility index (Phi) is 10.4. The lowest BCUT2D eigenvalue weighted by molar-refractivity contribution is 0.0600. The minimum Gasteiger partial charge on any atom is -0.495 e. The van der Waals surface area contributed by atoms with Crippen molar-refractivity contribution in [3.8, 4) is 16.9 Å². The number of hydrogen-bond donors (Lipinski definition) is 0. The second-order valence-corrected chi connectivity index (χ2v) is 12.5. The Bertz CT molecular complexity index is 1810. The summed E-state index contributed by atoms with van der Waals surface area (Å²) in [5, 5.41) is 8.40. The molecule has 4 aromatic carbocycles. The molecule has 1 heterocycles. The van der Waals surface area contributed by atoms with Gasteiger partial charge in [0, 0.05) is 6.54 Å². The summed E-state index contributed by atoms with van der Waals surface area (Å²) in [7, 11) is -1.21. The van der Waals surface area contributed by atoms with Gasteiger partial charge in [0.1, 0.15) is 22.8 Å². The second kappa shape index (κ2) is 14.8. The highest BCUT2D eigenvalue weighted by atomic mass is 32.2. The van der Waals surface area contributed by atoms with E-state index in [2.05, 4.69) is 22.3 Å². The van der Waals surface area contributed by atoms with Gasteiger partial charge in [-0.15, -0.1) is 10.2 Å². The number of carbonyl (C=O) groups excluding carboxylic acids is 1. The van der Waals surface area contributed by atoms with E-state index in [0.717, 1.165) is 29.5 Å². The van der Waals surface area contributed by atoms with Crippen molar-refractivity contribution in [2.45, 2.75) is 37.2 Å². The predicted molar refractivity (Wildman–Crippen MR) is 172 cm³/mol. The fraction of sp³-hybridized carbons (Fsp3) is 0.229. The molecule has 0 fully saturated rings. The molecule has 10 heteroatoms. The number of nitrogens with zero attached hydrogens (tertiary/aromatic N) is 4. The molecule has 45 heavy (non-hydrogen) atoms. The molecule has 0 N–H and O–H groups in total. The monoisotopic (exact) mass is 624 g/mol. The van der Waals surface area contributed by atoms with E-state index in [0.29, 0.717) is 24.4 Å². The Labute approximate surface area is 264 Å². The highest BCUT2D eigenvalue weighted by molar-refractivity contribution is 7.89. The van der Waals surface area contributed by atoms with E-state index in [1.54, 1.807) is 30.6 Å². The smallest absolute Gasteiger partial charge is 0.337 e. The van der Waals surface area contributed by atoms with Crippen molar-refractivity contribution in [2.24, 2.45) is 0 Å². The van der Waals surface area contributed by atoms with Crippen molar-refractivity contribution in [1.29, 1.82) is 0 Å². The third-order valence-electron chi connectivity index (χ3n) is 7.60. The summed E-state index contributed by atoms with van der Waals surface area (Å²) in [5.41, 5.74) is 4.24. The Morgan fingerprint density at radius 3 is 2.22 bits per heavy atom. The zero-order valence-corrected chi connectivity index (χ0v) is 26.2. The number of aryl methyl sites for hydroxylation is 1. The van der Waals surface area contributed by atoms with Gasteiger partial charge in [-0.05, 0) is 65.8 Å². The van der Waals surface area contributed by atoms with Crippen LogP contribution in [-0.2, 0) is 34.3 Å². The first-order valence-corrected chi connectivity index (χ1v) is 16.1. The Morgan fingerprint density at radius 2 is 1.53 bits per heavy atom. The molecule has 232 valence electrons. The zero-order chi connectivity index (χ0) is 31.6. The van der Waals surface area contributed by atoms with Crippen molar-refractivity contribution < 1.29 is 22.7 Å². The topological polar surface area (TPSA) is 104 Å². The summed E-state index contributed by atoms with van der Waals surface area (Å²) in [6.07, 6.45) is 3.90. The van der Waals surface area contributed by atoms with Gasteiger partial charge < -0.3 is 14.0 Å². The molecule has 0 saturated heterocycles. The number of sulfonamides is 1. The summed E-state index contributed by atoms with van der Waals surface area (Å²) in [6.45, 7) is 0.708. The number of methoxy groups -OCH3 is 2. The number of esters is 1. The molecular formula is C35H36N4O5S. The van der Waals surface area contributed by atoms with Gasteiger partial charge in [0.05, 0.1) is 32.9 Å². The average molecular weight is 625 g/mol. The quantitative estimate of drug-likeness (QED) is 0.110. The minimum absolute atomic E-state index is 0.0205. The van der Waals surface area contributed by atoms with Crippen LogP contribution in [0.25, 0.3) is 11.1 Å². The van der Waals surface area contributed by atoms with E-state index in [1.165, 1.54) is 24.1 Å². The largest absolute Gasteiger partial charge is 0.495 e. The number of ether oxygens (including phenoxy) is 2. The van der Waals surface area contributed by atoms with Gasteiger partial charge in [0.25, 0.3) is 0 Å².